The maximum Gasteiger partial charge on any atom is 0.317 e. The van der Waals surface area contributed by atoms with Crippen molar-refractivity contribution < 1.29 is 14.4 Å². The Labute approximate surface area is 196 Å². The van der Waals surface area contributed by atoms with E-state index in [1.165, 1.54) is 32.1 Å². The van der Waals surface area contributed by atoms with Crippen molar-refractivity contribution in [3.8, 4) is 0 Å². The molecule has 8 nitrogen and oxygen atoms in total. The number of carbonyl (C=O) groups is 3. The van der Waals surface area contributed by atoms with E-state index >= 15 is 0 Å². The highest BCUT2D eigenvalue weighted by Crippen LogP contribution is 2.39. The number of rotatable bonds is 6. The first-order valence-electron chi connectivity index (χ1n) is 12.4. The highest BCUT2D eigenvalue weighted by Gasteiger charge is 2.54. The van der Waals surface area contributed by atoms with Crippen LogP contribution in [0, 0.1) is 5.92 Å². The van der Waals surface area contributed by atoms with E-state index in [9.17, 15) is 14.4 Å². The molecule has 1 aromatic carbocycles. The van der Waals surface area contributed by atoms with E-state index in [-0.39, 0.29) is 24.4 Å². The third-order valence-electron chi connectivity index (χ3n) is 7.43. The van der Waals surface area contributed by atoms with Gasteiger partial charge in [0.05, 0.1) is 6.67 Å². The van der Waals surface area contributed by atoms with Gasteiger partial charge in [-0.15, -0.1) is 0 Å². The van der Waals surface area contributed by atoms with Gasteiger partial charge in [-0.2, -0.15) is 0 Å². The molecule has 33 heavy (non-hydrogen) atoms. The maximum absolute atomic E-state index is 13.7. The fraction of sp³-hybridized carbons (Fsp3) is 0.640. The number of benzene rings is 1. The topological polar surface area (TPSA) is 85.0 Å². The molecule has 0 unspecified atom stereocenters. The number of carbonyl (C=O) groups excluding carboxylic acids is 3. The van der Waals surface area contributed by atoms with Crippen LogP contribution in [0.1, 0.15) is 51.9 Å². The van der Waals surface area contributed by atoms with Crippen molar-refractivity contribution in [2.45, 2.75) is 57.4 Å². The summed E-state index contributed by atoms with van der Waals surface area (Å²) < 4.78 is 0. The number of urea groups is 1. The highest BCUT2D eigenvalue weighted by atomic mass is 16.2. The highest BCUT2D eigenvalue weighted by molar-refractivity contribution is 5.96. The molecule has 1 saturated carbocycles. The molecule has 3 aliphatic rings. The van der Waals surface area contributed by atoms with Crippen LogP contribution in [0.5, 0.6) is 0 Å². The molecule has 180 valence electrons. The summed E-state index contributed by atoms with van der Waals surface area (Å²) in [6.07, 6.45) is 7.24. The van der Waals surface area contributed by atoms with Crippen molar-refractivity contribution in [3.63, 3.8) is 0 Å². The lowest BCUT2D eigenvalue weighted by molar-refractivity contribution is -0.137. The summed E-state index contributed by atoms with van der Waals surface area (Å²) in [7, 11) is 0. The summed E-state index contributed by atoms with van der Waals surface area (Å²) in [6, 6.07) is 9.84. The van der Waals surface area contributed by atoms with Gasteiger partial charge in [-0.1, -0.05) is 37.5 Å². The van der Waals surface area contributed by atoms with Crippen molar-refractivity contribution in [1.82, 2.24) is 20.4 Å². The largest absolute Gasteiger partial charge is 0.354 e. The number of hydrogen-bond donors (Lipinski definition) is 2. The predicted molar refractivity (Wildman–Crippen MR) is 128 cm³/mol. The van der Waals surface area contributed by atoms with Crippen molar-refractivity contribution >= 4 is 23.5 Å². The first kappa shape index (κ1) is 23.4. The lowest BCUT2D eigenvalue weighted by atomic mass is 9.85. The average molecular weight is 456 g/mol. The van der Waals surface area contributed by atoms with Crippen molar-refractivity contribution in [2.75, 3.05) is 44.3 Å². The number of para-hydroxylation sites is 1. The summed E-state index contributed by atoms with van der Waals surface area (Å²) in [5.74, 6) is 0.469. The van der Waals surface area contributed by atoms with Crippen molar-refractivity contribution in [2.24, 2.45) is 5.92 Å². The molecule has 3 fully saturated rings. The monoisotopic (exact) mass is 455 g/mol. The van der Waals surface area contributed by atoms with Crippen LogP contribution in [0.25, 0.3) is 0 Å². The second-order valence-corrected chi connectivity index (χ2v) is 9.57. The minimum Gasteiger partial charge on any atom is -0.354 e. The Hall–Kier alpha value is -2.77. The third-order valence-corrected chi connectivity index (χ3v) is 7.43. The zero-order valence-corrected chi connectivity index (χ0v) is 19.7. The van der Waals surface area contributed by atoms with Crippen LogP contribution in [0.4, 0.5) is 10.5 Å². The summed E-state index contributed by atoms with van der Waals surface area (Å²) in [4.78, 5) is 44.3. The van der Waals surface area contributed by atoms with Crippen molar-refractivity contribution in [3.05, 3.63) is 30.3 Å². The van der Waals surface area contributed by atoms with Crippen LogP contribution >= 0.6 is 0 Å². The van der Waals surface area contributed by atoms with Gasteiger partial charge in [-0.3, -0.25) is 9.59 Å². The molecule has 0 bridgehead atoms. The van der Waals surface area contributed by atoms with E-state index in [4.69, 9.17) is 0 Å². The Kier molecular flexibility index (Phi) is 7.40. The van der Waals surface area contributed by atoms with Crippen molar-refractivity contribution in [1.29, 1.82) is 0 Å². The zero-order chi connectivity index (χ0) is 23.3. The van der Waals surface area contributed by atoms with Gasteiger partial charge in [0.15, 0.2) is 0 Å². The van der Waals surface area contributed by atoms with Crippen LogP contribution in [0.2, 0.25) is 0 Å². The summed E-state index contributed by atoms with van der Waals surface area (Å²) in [6.45, 7) is 4.69. The van der Waals surface area contributed by atoms with E-state index in [1.807, 2.05) is 37.3 Å². The van der Waals surface area contributed by atoms with E-state index < -0.39 is 5.54 Å². The number of likely N-dealkylation sites (tertiary alicyclic amines) is 1. The Morgan fingerprint density at radius 2 is 1.73 bits per heavy atom. The fourth-order valence-corrected chi connectivity index (χ4v) is 5.54. The normalized spacial score (nSPS) is 20.9. The van der Waals surface area contributed by atoms with Gasteiger partial charge < -0.3 is 25.3 Å². The van der Waals surface area contributed by atoms with Crippen LogP contribution in [0.3, 0.4) is 0 Å². The Balaban J connectivity index is 1.44. The lowest BCUT2D eigenvalue weighted by Gasteiger charge is -2.43. The molecule has 1 aliphatic carbocycles. The van der Waals surface area contributed by atoms with Gasteiger partial charge in [-0.25, -0.2) is 4.79 Å². The van der Waals surface area contributed by atoms with Gasteiger partial charge in [-0.05, 0) is 50.7 Å². The summed E-state index contributed by atoms with van der Waals surface area (Å²) in [5.41, 5.74) is 0.260. The van der Waals surface area contributed by atoms with E-state index in [2.05, 4.69) is 15.5 Å². The molecule has 2 heterocycles. The first-order chi connectivity index (χ1) is 16.0. The Morgan fingerprint density at radius 1 is 1.03 bits per heavy atom. The fourth-order valence-electron chi connectivity index (χ4n) is 5.54. The SMILES string of the molecule is CCNC(=O)N1CCC2(CC1)C(=O)N(CC(=O)NCC1CCCCC1)CN2c1ccccc1. The van der Waals surface area contributed by atoms with Crippen LogP contribution in [-0.4, -0.2) is 72.6 Å². The first-order valence-corrected chi connectivity index (χ1v) is 12.4. The second kappa shape index (κ2) is 10.4. The smallest absolute Gasteiger partial charge is 0.317 e. The number of hydrogen-bond acceptors (Lipinski definition) is 4. The van der Waals surface area contributed by atoms with Gasteiger partial charge in [0.25, 0.3) is 5.91 Å². The Morgan fingerprint density at radius 3 is 2.39 bits per heavy atom. The number of amides is 4. The number of nitrogens with one attached hydrogen (secondary N) is 2. The zero-order valence-electron chi connectivity index (χ0n) is 19.7. The van der Waals surface area contributed by atoms with E-state index in [1.54, 1.807) is 9.80 Å². The average Bonchev–Trinajstić information content (AvgIpc) is 3.10. The van der Waals surface area contributed by atoms with Gasteiger partial charge in [0, 0.05) is 31.9 Å². The summed E-state index contributed by atoms with van der Waals surface area (Å²) >= 11 is 0. The minimum atomic E-state index is -0.714. The standard InChI is InChI=1S/C25H37N5O3/c1-2-26-24(33)28-15-13-25(14-16-28)23(32)29(19-30(25)21-11-7-4-8-12-21)18-22(31)27-17-20-9-5-3-6-10-20/h4,7-8,11-12,20H,2-3,5-6,9-10,13-19H2,1H3,(H,26,33)(H,27,31). The molecular formula is C25H37N5O3. The molecule has 2 N–H and O–H groups in total. The number of piperidine rings is 1. The molecule has 1 spiro atoms. The van der Waals surface area contributed by atoms with Gasteiger partial charge >= 0.3 is 6.03 Å². The molecular weight excluding hydrogens is 418 g/mol. The number of anilines is 1. The quantitative estimate of drug-likeness (QED) is 0.690. The summed E-state index contributed by atoms with van der Waals surface area (Å²) in [5, 5.41) is 5.92. The third kappa shape index (κ3) is 5.09. The molecule has 0 aromatic heterocycles. The molecule has 0 radical (unpaired) electrons. The molecule has 4 amide bonds. The molecule has 2 aliphatic heterocycles. The minimum absolute atomic E-state index is 0.00489. The molecule has 0 atom stereocenters. The maximum atomic E-state index is 13.7. The molecule has 1 aromatic rings. The van der Waals surface area contributed by atoms with Crippen LogP contribution < -0.4 is 15.5 Å². The van der Waals surface area contributed by atoms with E-state index in [0.29, 0.717) is 51.6 Å². The van der Waals surface area contributed by atoms with Gasteiger partial charge in [0.2, 0.25) is 5.91 Å². The predicted octanol–water partition coefficient (Wildman–Crippen LogP) is 2.55. The molecule has 8 heteroatoms. The second-order valence-electron chi connectivity index (χ2n) is 9.57. The van der Waals surface area contributed by atoms with Gasteiger partial charge in [0.1, 0.15) is 12.1 Å². The molecule has 2 saturated heterocycles. The number of nitrogens with zero attached hydrogens (tertiary/aromatic N) is 3. The Bertz CT molecular complexity index is 832. The van der Waals surface area contributed by atoms with Crippen LogP contribution in [0.15, 0.2) is 30.3 Å². The molecule has 4 rings (SSSR count). The van der Waals surface area contributed by atoms with Crippen LogP contribution in [-0.2, 0) is 9.59 Å². The van der Waals surface area contributed by atoms with E-state index in [0.717, 1.165) is 5.69 Å². The lowest BCUT2D eigenvalue weighted by Crippen LogP contribution is -2.58.